The Labute approximate surface area is 234 Å². The number of nitrogens with one attached hydrogen (secondary N) is 2. The van der Waals surface area contributed by atoms with E-state index in [1.807, 2.05) is 20.8 Å². The largest absolute Gasteiger partial charge is 0.444 e. The maximum atomic E-state index is 13.3. The number of rotatable bonds is 9. The molecule has 0 aromatic heterocycles. The SMILES string of the molecule is CN1C(=O)CCC(N2C(=O)c3cccc(NCCOCCN4CCC(NC(=O)OC(C)(C)C)CC4)c3C2=O)C1=O. The second-order valence-electron chi connectivity index (χ2n) is 11.4. The van der Waals surface area contributed by atoms with E-state index in [2.05, 4.69) is 15.5 Å². The summed E-state index contributed by atoms with van der Waals surface area (Å²) in [4.78, 5) is 67.0. The summed E-state index contributed by atoms with van der Waals surface area (Å²) in [6.45, 7) is 9.40. The molecule has 1 aromatic rings. The average Bonchev–Trinajstić information content (AvgIpc) is 3.15. The number of carbonyl (C=O) groups is 5. The van der Waals surface area contributed by atoms with Crippen LogP contribution in [-0.4, -0.2) is 109 Å². The van der Waals surface area contributed by atoms with Crippen molar-refractivity contribution in [3.8, 4) is 0 Å². The molecule has 218 valence electrons. The fourth-order valence-electron chi connectivity index (χ4n) is 5.20. The van der Waals surface area contributed by atoms with Gasteiger partial charge in [0.1, 0.15) is 11.6 Å². The fourth-order valence-corrected chi connectivity index (χ4v) is 5.20. The van der Waals surface area contributed by atoms with Crippen molar-refractivity contribution >= 4 is 35.4 Å². The van der Waals surface area contributed by atoms with Gasteiger partial charge in [-0.3, -0.25) is 29.0 Å². The zero-order chi connectivity index (χ0) is 29.0. The van der Waals surface area contributed by atoms with Crippen LogP contribution in [0.3, 0.4) is 0 Å². The molecular formula is C28H39N5O7. The molecule has 0 aliphatic carbocycles. The molecule has 0 bridgehead atoms. The number of amides is 5. The maximum Gasteiger partial charge on any atom is 0.407 e. The highest BCUT2D eigenvalue weighted by atomic mass is 16.6. The van der Waals surface area contributed by atoms with Crippen molar-refractivity contribution in [2.75, 3.05) is 51.8 Å². The van der Waals surface area contributed by atoms with Gasteiger partial charge in [0.05, 0.1) is 24.3 Å². The van der Waals surface area contributed by atoms with Crippen molar-refractivity contribution < 1.29 is 33.4 Å². The summed E-state index contributed by atoms with van der Waals surface area (Å²) in [5, 5.41) is 6.12. The highest BCUT2D eigenvalue weighted by Crippen LogP contribution is 2.33. The van der Waals surface area contributed by atoms with Crippen LogP contribution >= 0.6 is 0 Å². The first-order valence-electron chi connectivity index (χ1n) is 13.8. The van der Waals surface area contributed by atoms with Crippen LogP contribution in [0.15, 0.2) is 18.2 Å². The minimum absolute atomic E-state index is 0.101. The molecule has 5 amide bonds. The first kappa shape index (κ1) is 29.5. The lowest BCUT2D eigenvalue weighted by Crippen LogP contribution is -2.54. The Bertz CT molecular complexity index is 1160. The lowest BCUT2D eigenvalue weighted by Gasteiger charge is -2.32. The number of alkyl carbamates (subject to hydrolysis) is 1. The summed E-state index contributed by atoms with van der Waals surface area (Å²) in [7, 11) is 1.37. The van der Waals surface area contributed by atoms with E-state index < -0.39 is 29.4 Å². The van der Waals surface area contributed by atoms with Crippen LogP contribution in [0.4, 0.5) is 10.5 Å². The maximum absolute atomic E-state index is 13.3. The summed E-state index contributed by atoms with van der Waals surface area (Å²) in [6, 6.07) is 4.11. The zero-order valence-corrected chi connectivity index (χ0v) is 23.7. The van der Waals surface area contributed by atoms with E-state index in [1.54, 1.807) is 18.2 Å². The van der Waals surface area contributed by atoms with Crippen LogP contribution < -0.4 is 10.6 Å². The third-order valence-corrected chi connectivity index (χ3v) is 7.30. The van der Waals surface area contributed by atoms with Gasteiger partial charge >= 0.3 is 6.09 Å². The molecule has 1 unspecified atom stereocenters. The number of likely N-dealkylation sites (N-methyl/N-ethyl adjacent to an activating group) is 1. The van der Waals surface area contributed by atoms with Crippen molar-refractivity contribution in [3.05, 3.63) is 29.3 Å². The normalized spacial score (nSPS) is 20.6. The molecule has 3 heterocycles. The van der Waals surface area contributed by atoms with E-state index in [0.717, 1.165) is 42.3 Å². The van der Waals surface area contributed by atoms with Gasteiger partial charge < -0.3 is 25.0 Å². The molecule has 1 aromatic carbocycles. The quantitative estimate of drug-likeness (QED) is 0.344. The first-order valence-corrected chi connectivity index (χ1v) is 13.8. The van der Waals surface area contributed by atoms with Crippen LogP contribution in [0.5, 0.6) is 0 Å². The van der Waals surface area contributed by atoms with Crippen molar-refractivity contribution in [1.29, 1.82) is 0 Å². The first-order chi connectivity index (χ1) is 19.0. The monoisotopic (exact) mass is 557 g/mol. The number of carbonyl (C=O) groups excluding carboxylic acids is 5. The van der Waals surface area contributed by atoms with Gasteiger partial charge in [0.25, 0.3) is 17.7 Å². The van der Waals surface area contributed by atoms with Crippen LogP contribution in [0.1, 0.15) is 67.2 Å². The van der Waals surface area contributed by atoms with E-state index in [-0.39, 0.29) is 42.0 Å². The van der Waals surface area contributed by atoms with Gasteiger partial charge in [-0.05, 0) is 52.2 Å². The Kier molecular flexibility index (Phi) is 9.09. The Hall–Kier alpha value is -3.51. The van der Waals surface area contributed by atoms with Crippen LogP contribution in [0.2, 0.25) is 0 Å². The molecule has 12 nitrogen and oxygen atoms in total. The predicted octanol–water partition coefficient (Wildman–Crippen LogP) is 1.85. The van der Waals surface area contributed by atoms with Gasteiger partial charge in [0, 0.05) is 51.4 Å². The molecule has 1 atom stereocenters. The number of imide groups is 2. The summed E-state index contributed by atoms with van der Waals surface area (Å²) in [6.07, 6.45) is 1.55. The van der Waals surface area contributed by atoms with Crippen molar-refractivity contribution in [3.63, 3.8) is 0 Å². The highest BCUT2D eigenvalue weighted by molar-refractivity contribution is 6.25. The van der Waals surface area contributed by atoms with Gasteiger partial charge in [0.15, 0.2) is 0 Å². The lowest BCUT2D eigenvalue weighted by atomic mass is 10.0. The van der Waals surface area contributed by atoms with E-state index in [0.29, 0.717) is 25.4 Å². The summed E-state index contributed by atoms with van der Waals surface area (Å²) in [5.41, 5.74) is 0.477. The van der Waals surface area contributed by atoms with E-state index in [4.69, 9.17) is 9.47 Å². The Morgan fingerprint density at radius 1 is 1.02 bits per heavy atom. The Morgan fingerprint density at radius 3 is 2.45 bits per heavy atom. The van der Waals surface area contributed by atoms with Gasteiger partial charge in [0.2, 0.25) is 5.91 Å². The number of fused-ring (bicyclic) bond motifs is 1. The predicted molar refractivity (Wildman–Crippen MR) is 146 cm³/mol. The average molecular weight is 558 g/mol. The van der Waals surface area contributed by atoms with E-state index in [9.17, 15) is 24.0 Å². The summed E-state index contributed by atoms with van der Waals surface area (Å²) >= 11 is 0. The molecule has 2 N–H and O–H groups in total. The van der Waals surface area contributed by atoms with Gasteiger partial charge in [-0.15, -0.1) is 0 Å². The smallest absolute Gasteiger partial charge is 0.407 e. The standard InChI is InChI=1S/C28H39N5O7/c1-28(2,3)40-27(38)30-18-10-13-32(14-11-18)15-17-39-16-12-29-20-7-5-6-19-23(20)26(37)33(24(19)35)21-8-9-22(34)31(4)25(21)36/h5-7,18,21,29H,8-17H2,1-4H3,(H,30,38). The van der Waals surface area contributed by atoms with Gasteiger partial charge in [-0.2, -0.15) is 0 Å². The number of benzene rings is 1. The molecule has 0 radical (unpaired) electrons. The number of hydrogen-bond donors (Lipinski definition) is 2. The third-order valence-electron chi connectivity index (χ3n) is 7.30. The van der Waals surface area contributed by atoms with Crippen molar-refractivity contribution in [2.24, 2.45) is 0 Å². The van der Waals surface area contributed by atoms with Gasteiger partial charge in [-0.1, -0.05) is 6.07 Å². The molecule has 2 saturated heterocycles. The zero-order valence-electron chi connectivity index (χ0n) is 23.7. The second-order valence-corrected chi connectivity index (χ2v) is 11.4. The number of hydrogen-bond acceptors (Lipinski definition) is 9. The molecule has 40 heavy (non-hydrogen) atoms. The van der Waals surface area contributed by atoms with E-state index >= 15 is 0 Å². The third kappa shape index (κ3) is 6.79. The Balaban J connectivity index is 1.19. The number of likely N-dealkylation sites (tertiary alicyclic amines) is 2. The molecule has 12 heteroatoms. The molecule has 3 aliphatic heterocycles. The topological polar surface area (TPSA) is 138 Å². The second kappa shape index (κ2) is 12.3. The number of anilines is 1. The highest BCUT2D eigenvalue weighted by Gasteiger charge is 2.47. The minimum Gasteiger partial charge on any atom is -0.444 e. The van der Waals surface area contributed by atoms with Crippen LogP contribution in [0, 0.1) is 0 Å². The molecular weight excluding hydrogens is 518 g/mol. The molecule has 0 spiro atoms. The number of nitrogens with zero attached hydrogens (tertiary/aromatic N) is 3. The summed E-state index contributed by atoms with van der Waals surface area (Å²) in [5.74, 6) is -1.92. The fraction of sp³-hybridized carbons (Fsp3) is 0.607. The van der Waals surface area contributed by atoms with Gasteiger partial charge in [-0.25, -0.2) is 4.79 Å². The number of ether oxygens (including phenoxy) is 2. The minimum atomic E-state index is -0.982. The Morgan fingerprint density at radius 2 is 1.75 bits per heavy atom. The van der Waals surface area contributed by atoms with Crippen LogP contribution in [0.25, 0.3) is 0 Å². The summed E-state index contributed by atoms with van der Waals surface area (Å²) < 4.78 is 11.1. The van der Waals surface area contributed by atoms with Crippen LogP contribution in [-0.2, 0) is 19.1 Å². The van der Waals surface area contributed by atoms with Crippen molar-refractivity contribution in [2.45, 2.75) is 64.1 Å². The van der Waals surface area contributed by atoms with E-state index in [1.165, 1.54) is 7.05 Å². The number of piperidine rings is 2. The van der Waals surface area contributed by atoms with Crippen molar-refractivity contribution in [1.82, 2.24) is 20.0 Å². The molecule has 3 aliphatic rings. The lowest BCUT2D eigenvalue weighted by molar-refractivity contribution is -0.149. The molecule has 2 fully saturated rings. The molecule has 4 rings (SSSR count). The molecule has 0 saturated carbocycles.